The molecule has 136 valence electrons. The number of likely N-dealkylation sites (tertiary alicyclic amines) is 1. The fraction of sp³-hybridized carbons (Fsp3) is 0.263. The van der Waals surface area contributed by atoms with Gasteiger partial charge in [0, 0.05) is 18.8 Å². The van der Waals surface area contributed by atoms with Crippen LogP contribution in [0.4, 0.5) is 14.5 Å². The summed E-state index contributed by atoms with van der Waals surface area (Å²) in [6.45, 7) is 0.635. The van der Waals surface area contributed by atoms with E-state index < -0.39 is 17.5 Å². The van der Waals surface area contributed by atoms with Crippen LogP contribution < -0.4 is 5.32 Å². The Labute approximate surface area is 154 Å². The molecule has 2 aromatic carbocycles. The van der Waals surface area contributed by atoms with Gasteiger partial charge in [0.1, 0.15) is 0 Å². The zero-order valence-electron chi connectivity index (χ0n) is 13.8. The SMILES string of the molecule is O=C(Nc1ccccc1)C1CCCN(C(=O)c2cc(F)c(F)cc2Cl)C1. The molecule has 26 heavy (non-hydrogen) atoms. The third kappa shape index (κ3) is 4.02. The van der Waals surface area contributed by atoms with Gasteiger partial charge in [0.2, 0.25) is 5.91 Å². The number of carbonyl (C=O) groups excluding carboxylic acids is 2. The molecule has 0 spiro atoms. The van der Waals surface area contributed by atoms with E-state index in [1.807, 2.05) is 18.2 Å². The van der Waals surface area contributed by atoms with Gasteiger partial charge in [-0.1, -0.05) is 29.8 Å². The van der Waals surface area contributed by atoms with Crippen molar-refractivity contribution in [1.82, 2.24) is 4.90 Å². The summed E-state index contributed by atoms with van der Waals surface area (Å²) in [6.07, 6.45) is 1.29. The Bertz CT molecular complexity index is 830. The predicted molar refractivity (Wildman–Crippen MR) is 95.1 cm³/mol. The summed E-state index contributed by atoms with van der Waals surface area (Å²) in [6, 6.07) is 10.6. The third-order valence-electron chi connectivity index (χ3n) is 4.36. The van der Waals surface area contributed by atoms with Crippen LogP contribution in [-0.2, 0) is 4.79 Å². The topological polar surface area (TPSA) is 49.4 Å². The average molecular weight is 379 g/mol. The van der Waals surface area contributed by atoms with Gasteiger partial charge in [0.05, 0.1) is 16.5 Å². The number of carbonyl (C=O) groups is 2. The lowest BCUT2D eigenvalue weighted by Gasteiger charge is -2.32. The van der Waals surface area contributed by atoms with Crippen LogP contribution in [0, 0.1) is 17.6 Å². The lowest BCUT2D eigenvalue weighted by Crippen LogP contribution is -2.43. The smallest absolute Gasteiger partial charge is 0.255 e. The lowest BCUT2D eigenvalue weighted by atomic mass is 9.96. The molecule has 0 bridgehead atoms. The number of rotatable bonds is 3. The molecule has 0 aromatic heterocycles. The second-order valence-electron chi connectivity index (χ2n) is 6.19. The van der Waals surface area contributed by atoms with E-state index in [0.717, 1.165) is 12.1 Å². The van der Waals surface area contributed by atoms with Crippen molar-refractivity contribution in [2.45, 2.75) is 12.8 Å². The van der Waals surface area contributed by atoms with Crippen molar-refractivity contribution in [3.05, 3.63) is 64.7 Å². The molecule has 4 nitrogen and oxygen atoms in total. The number of hydrogen-bond donors (Lipinski definition) is 1. The molecule has 3 rings (SSSR count). The number of para-hydroxylation sites is 1. The fourth-order valence-corrected chi connectivity index (χ4v) is 3.23. The first-order chi connectivity index (χ1) is 12.5. The molecule has 1 atom stereocenters. The number of benzene rings is 2. The van der Waals surface area contributed by atoms with E-state index in [2.05, 4.69) is 5.32 Å². The first kappa shape index (κ1) is 18.3. The van der Waals surface area contributed by atoms with Gasteiger partial charge in [-0.2, -0.15) is 0 Å². The highest BCUT2D eigenvalue weighted by Crippen LogP contribution is 2.25. The Morgan fingerprint density at radius 3 is 2.54 bits per heavy atom. The maximum atomic E-state index is 13.5. The summed E-state index contributed by atoms with van der Waals surface area (Å²) < 4.78 is 26.7. The molecular weight excluding hydrogens is 362 g/mol. The molecule has 2 aromatic rings. The van der Waals surface area contributed by atoms with Crippen LogP contribution in [0.2, 0.25) is 5.02 Å². The Hall–Kier alpha value is -2.47. The van der Waals surface area contributed by atoms with Gasteiger partial charge in [-0.25, -0.2) is 8.78 Å². The number of piperidine rings is 1. The fourth-order valence-electron chi connectivity index (χ4n) is 3.00. The van der Waals surface area contributed by atoms with Crippen LogP contribution in [0.3, 0.4) is 0 Å². The molecule has 1 unspecified atom stereocenters. The maximum Gasteiger partial charge on any atom is 0.255 e. The van der Waals surface area contributed by atoms with Crippen LogP contribution in [0.1, 0.15) is 23.2 Å². The van der Waals surface area contributed by atoms with E-state index >= 15 is 0 Å². The molecule has 1 aliphatic heterocycles. The standard InChI is InChI=1S/C19H17ClF2N2O2/c20-15-10-17(22)16(21)9-14(15)19(26)24-8-4-5-12(11-24)18(25)23-13-6-2-1-3-7-13/h1-3,6-7,9-10,12H,4-5,8,11H2,(H,23,25). The van der Waals surface area contributed by atoms with Crippen molar-refractivity contribution in [2.75, 3.05) is 18.4 Å². The zero-order valence-corrected chi connectivity index (χ0v) is 14.6. The van der Waals surface area contributed by atoms with Crippen LogP contribution in [0.5, 0.6) is 0 Å². The molecule has 0 aliphatic carbocycles. The van der Waals surface area contributed by atoms with E-state index in [1.54, 1.807) is 12.1 Å². The molecule has 1 fully saturated rings. The second-order valence-corrected chi connectivity index (χ2v) is 6.60. The minimum Gasteiger partial charge on any atom is -0.338 e. The molecule has 0 radical (unpaired) electrons. The van der Waals surface area contributed by atoms with Crippen LogP contribution in [0.25, 0.3) is 0 Å². The van der Waals surface area contributed by atoms with Gasteiger partial charge in [-0.3, -0.25) is 9.59 Å². The minimum atomic E-state index is -1.13. The number of amides is 2. The van der Waals surface area contributed by atoms with Crippen LogP contribution in [-0.4, -0.2) is 29.8 Å². The van der Waals surface area contributed by atoms with Gasteiger partial charge in [0.25, 0.3) is 5.91 Å². The van der Waals surface area contributed by atoms with E-state index in [0.29, 0.717) is 25.1 Å². The van der Waals surface area contributed by atoms with Gasteiger partial charge in [-0.05, 0) is 37.1 Å². The van der Waals surface area contributed by atoms with E-state index in [-0.39, 0.29) is 29.0 Å². The minimum absolute atomic E-state index is 0.102. The predicted octanol–water partition coefficient (Wildman–Crippen LogP) is 4.11. The summed E-state index contributed by atoms with van der Waals surface area (Å²) in [5.74, 6) is -3.30. The molecule has 1 N–H and O–H groups in total. The Kier molecular flexibility index (Phi) is 5.52. The molecule has 1 aliphatic rings. The van der Waals surface area contributed by atoms with Crippen molar-refractivity contribution in [2.24, 2.45) is 5.92 Å². The van der Waals surface area contributed by atoms with Gasteiger partial charge in [-0.15, -0.1) is 0 Å². The molecule has 7 heteroatoms. The van der Waals surface area contributed by atoms with Crippen LogP contribution >= 0.6 is 11.6 Å². The Morgan fingerprint density at radius 1 is 1.12 bits per heavy atom. The maximum absolute atomic E-state index is 13.5. The van der Waals surface area contributed by atoms with Gasteiger partial charge >= 0.3 is 0 Å². The molecule has 1 saturated heterocycles. The van der Waals surface area contributed by atoms with E-state index in [9.17, 15) is 18.4 Å². The van der Waals surface area contributed by atoms with Crippen molar-refractivity contribution in [3.8, 4) is 0 Å². The first-order valence-electron chi connectivity index (χ1n) is 8.25. The van der Waals surface area contributed by atoms with Crippen molar-refractivity contribution in [1.29, 1.82) is 0 Å². The largest absolute Gasteiger partial charge is 0.338 e. The van der Waals surface area contributed by atoms with Crippen molar-refractivity contribution >= 4 is 29.1 Å². The number of halogens is 3. The summed E-state index contributed by atoms with van der Waals surface area (Å²) in [5, 5.41) is 2.68. The molecule has 2 amide bonds. The normalized spacial score (nSPS) is 17.0. The molecular formula is C19H17ClF2N2O2. The average Bonchev–Trinajstić information content (AvgIpc) is 2.65. The number of nitrogens with one attached hydrogen (secondary N) is 1. The molecule has 0 saturated carbocycles. The highest BCUT2D eigenvalue weighted by molar-refractivity contribution is 6.33. The number of anilines is 1. The summed E-state index contributed by atoms with van der Waals surface area (Å²) in [4.78, 5) is 26.5. The lowest BCUT2D eigenvalue weighted by molar-refractivity contribution is -0.121. The van der Waals surface area contributed by atoms with Gasteiger partial charge in [0.15, 0.2) is 11.6 Å². The Morgan fingerprint density at radius 2 is 1.81 bits per heavy atom. The molecule has 1 heterocycles. The van der Waals surface area contributed by atoms with Crippen LogP contribution in [0.15, 0.2) is 42.5 Å². The van der Waals surface area contributed by atoms with E-state index in [4.69, 9.17) is 11.6 Å². The summed E-state index contributed by atoms with van der Waals surface area (Å²) in [7, 11) is 0. The second kappa shape index (κ2) is 7.83. The summed E-state index contributed by atoms with van der Waals surface area (Å²) in [5.41, 5.74) is 0.583. The van der Waals surface area contributed by atoms with Gasteiger partial charge < -0.3 is 10.2 Å². The van der Waals surface area contributed by atoms with E-state index in [1.165, 1.54) is 4.90 Å². The zero-order chi connectivity index (χ0) is 18.7. The van der Waals surface area contributed by atoms with Crippen molar-refractivity contribution in [3.63, 3.8) is 0 Å². The third-order valence-corrected chi connectivity index (χ3v) is 4.67. The number of nitrogens with zero attached hydrogens (tertiary/aromatic N) is 1. The first-order valence-corrected chi connectivity index (χ1v) is 8.63. The highest BCUT2D eigenvalue weighted by atomic mass is 35.5. The van der Waals surface area contributed by atoms with Crippen molar-refractivity contribution < 1.29 is 18.4 Å². The number of hydrogen-bond acceptors (Lipinski definition) is 2. The summed E-state index contributed by atoms with van der Waals surface area (Å²) >= 11 is 5.89. The Balaban J connectivity index is 1.71. The highest BCUT2D eigenvalue weighted by Gasteiger charge is 2.30. The monoisotopic (exact) mass is 378 g/mol. The quantitative estimate of drug-likeness (QED) is 0.817.